The number of aromatic nitrogens is 1. The largest absolute Gasteiger partial charge is 0.435 e. The number of hydrogen-bond acceptors (Lipinski definition) is 3. The molecule has 0 aliphatic rings. The normalized spacial score (nSPS) is 11.5. The number of benzene rings is 9. The van der Waals surface area contributed by atoms with Crippen molar-refractivity contribution in [1.29, 1.82) is 0 Å². The van der Waals surface area contributed by atoms with Crippen molar-refractivity contribution in [1.82, 2.24) is 4.98 Å². The summed E-state index contributed by atoms with van der Waals surface area (Å²) in [6.07, 6.45) is 0. The molecule has 0 aliphatic heterocycles. The van der Waals surface area contributed by atoms with Crippen LogP contribution in [0, 0.1) is 0 Å². The van der Waals surface area contributed by atoms with Crippen LogP contribution in [0.5, 0.6) is 0 Å². The summed E-state index contributed by atoms with van der Waals surface area (Å²) in [4.78, 5) is 7.46. The van der Waals surface area contributed by atoms with Crippen molar-refractivity contribution in [3.8, 4) is 33.7 Å². The van der Waals surface area contributed by atoms with E-state index >= 15 is 0 Å². The lowest BCUT2D eigenvalue weighted by molar-refractivity contribution is 0.623. The number of rotatable bonds is 6. The van der Waals surface area contributed by atoms with Crippen molar-refractivity contribution in [3.63, 3.8) is 0 Å². The molecule has 244 valence electrons. The standard InChI is InChI=1S/C49H32N2O/c1-3-11-33(12-4-1)35-21-25-40(26-22-35)51(41-27-23-36(24-28-41)39-20-19-34-13-7-8-16-38(34)31-39)42-29-30-44-43-17-9-10-18-45(43)48-47(46(44)32-42)50-49(52-48)37-14-5-2-6-15-37/h1-32H. The Balaban J connectivity index is 1.14. The van der Waals surface area contributed by atoms with Gasteiger partial charge >= 0.3 is 0 Å². The Bertz CT molecular complexity index is 2880. The van der Waals surface area contributed by atoms with Crippen molar-refractivity contribution >= 4 is 60.5 Å². The number of oxazole rings is 1. The number of anilines is 3. The first-order valence-corrected chi connectivity index (χ1v) is 17.6. The molecule has 3 nitrogen and oxygen atoms in total. The molecule has 0 radical (unpaired) electrons. The molecule has 0 bridgehead atoms. The molecule has 1 aromatic heterocycles. The summed E-state index contributed by atoms with van der Waals surface area (Å²) in [7, 11) is 0. The van der Waals surface area contributed by atoms with Gasteiger partial charge < -0.3 is 9.32 Å². The minimum atomic E-state index is 0.622. The molecule has 9 aromatic carbocycles. The Labute approximate surface area is 301 Å². The van der Waals surface area contributed by atoms with Crippen LogP contribution < -0.4 is 4.90 Å². The molecule has 0 saturated heterocycles. The summed E-state index contributed by atoms with van der Waals surface area (Å²) in [6.45, 7) is 0. The van der Waals surface area contributed by atoms with E-state index in [1.807, 2.05) is 30.3 Å². The van der Waals surface area contributed by atoms with Gasteiger partial charge in [0.15, 0.2) is 5.58 Å². The van der Waals surface area contributed by atoms with E-state index in [0.717, 1.165) is 55.3 Å². The van der Waals surface area contributed by atoms with Gasteiger partial charge in [0.25, 0.3) is 0 Å². The molecule has 10 rings (SSSR count). The summed E-state index contributed by atoms with van der Waals surface area (Å²) in [5.74, 6) is 0.622. The van der Waals surface area contributed by atoms with Crippen LogP contribution in [-0.4, -0.2) is 4.98 Å². The van der Waals surface area contributed by atoms with E-state index in [9.17, 15) is 0 Å². The predicted octanol–water partition coefficient (Wildman–Crippen LogP) is 13.8. The number of hydrogen-bond donors (Lipinski definition) is 0. The zero-order chi connectivity index (χ0) is 34.4. The lowest BCUT2D eigenvalue weighted by Crippen LogP contribution is -2.10. The van der Waals surface area contributed by atoms with Gasteiger partial charge in [0.2, 0.25) is 5.89 Å². The third kappa shape index (κ3) is 5.19. The fourth-order valence-electron chi connectivity index (χ4n) is 7.46. The SMILES string of the molecule is c1ccc(-c2ccc(N(c3ccc(-c4ccc5ccccc5c4)cc3)c3ccc4c5ccccc5c5oc(-c6ccccc6)nc5c4c3)cc2)cc1. The van der Waals surface area contributed by atoms with Crippen LogP contribution in [0.2, 0.25) is 0 Å². The van der Waals surface area contributed by atoms with Crippen LogP contribution in [-0.2, 0) is 0 Å². The molecule has 0 N–H and O–H groups in total. The van der Waals surface area contributed by atoms with E-state index in [1.54, 1.807) is 0 Å². The van der Waals surface area contributed by atoms with Crippen LogP contribution in [0.4, 0.5) is 17.1 Å². The van der Waals surface area contributed by atoms with Gasteiger partial charge in [0.1, 0.15) is 5.52 Å². The van der Waals surface area contributed by atoms with Gasteiger partial charge in [-0.1, -0.05) is 140 Å². The van der Waals surface area contributed by atoms with Gasteiger partial charge in [-0.15, -0.1) is 0 Å². The average Bonchev–Trinajstić information content (AvgIpc) is 3.69. The molecule has 52 heavy (non-hydrogen) atoms. The lowest BCUT2D eigenvalue weighted by atomic mass is 9.99. The molecule has 0 unspecified atom stereocenters. The molecule has 1 heterocycles. The highest BCUT2D eigenvalue weighted by atomic mass is 16.3. The monoisotopic (exact) mass is 664 g/mol. The predicted molar refractivity (Wildman–Crippen MR) is 218 cm³/mol. The molecular formula is C49H32N2O. The molecule has 0 saturated carbocycles. The zero-order valence-corrected chi connectivity index (χ0v) is 28.3. The van der Waals surface area contributed by atoms with E-state index in [1.165, 1.54) is 33.0 Å². The van der Waals surface area contributed by atoms with Gasteiger partial charge in [-0.05, 0) is 98.4 Å². The molecule has 10 aromatic rings. The molecule has 0 amide bonds. The first-order chi connectivity index (χ1) is 25.8. The topological polar surface area (TPSA) is 29.3 Å². The summed E-state index contributed by atoms with van der Waals surface area (Å²) in [5, 5.41) is 6.88. The van der Waals surface area contributed by atoms with E-state index in [4.69, 9.17) is 9.40 Å². The minimum absolute atomic E-state index is 0.622. The minimum Gasteiger partial charge on any atom is -0.435 e. The molecule has 0 fully saturated rings. The third-order valence-corrected chi connectivity index (χ3v) is 10.1. The summed E-state index contributed by atoms with van der Waals surface area (Å²) in [5.41, 5.74) is 10.6. The molecule has 0 spiro atoms. The lowest BCUT2D eigenvalue weighted by Gasteiger charge is -2.26. The first kappa shape index (κ1) is 29.9. The Hall–Kier alpha value is -6.97. The number of nitrogens with zero attached hydrogens (tertiary/aromatic N) is 2. The van der Waals surface area contributed by atoms with Crippen LogP contribution in [0.25, 0.3) is 77.1 Å². The highest BCUT2D eigenvalue weighted by Crippen LogP contribution is 2.42. The van der Waals surface area contributed by atoms with Crippen LogP contribution >= 0.6 is 0 Å². The molecule has 3 heteroatoms. The molecular weight excluding hydrogens is 633 g/mol. The van der Waals surface area contributed by atoms with Gasteiger partial charge in [-0.25, -0.2) is 4.98 Å². The second kappa shape index (κ2) is 12.4. The number of fused-ring (bicyclic) bond motifs is 7. The van der Waals surface area contributed by atoms with Crippen molar-refractivity contribution < 1.29 is 4.42 Å². The van der Waals surface area contributed by atoms with Crippen LogP contribution in [0.1, 0.15) is 0 Å². The highest BCUT2D eigenvalue weighted by molar-refractivity contribution is 6.23. The van der Waals surface area contributed by atoms with Crippen molar-refractivity contribution in [2.45, 2.75) is 0 Å². The van der Waals surface area contributed by atoms with Gasteiger partial charge in [-0.2, -0.15) is 0 Å². The first-order valence-electron chi connectivity index (χ1n) is 17.6. The van der Waals surface area contributed by atoms with Crippen LogP contribution in [0.3, 0.4) is 0 Å². The second-order valence-electron chi connectivity index (χ2n) is 13.2. The zero-order valence-electron chi connectivity index (χ0n) is 28.3. The van der Waals surface area contributed by atoms with Gasteiger partial charge in [0.05, 0.1) is 0 Å². The van der Waals surface area contributed by atoms with Gasteiger partial charge in [-0.3, -0.25) is 0 Å². The Morgan fingerprint density at radius 1 is 0.346 bits per heavy atom. The Kier molecular flexibility index (Phi) is 7.14. The summed E-state index contributed by atoms with van der Waals surface area (Å²) in [6, 6.07) is 68.8. The maximum Gasteiger partial charge on any atom is 0.227 e. The molecule has 0 atom stereocenters. The quantitative estimate of drug-likeness (QED) is 0.166. The third-order valence-electron chi connectivity index (χ3n) is 10.1. The van der Waals surface area contributed by atoms with Gasteiger partial charge in [0, 0.05) is 33.4 Å². The fraction of sp³-hybridized carbons (Fsp3) is 0. The van der Waals surface area contributed by atoms with E-state index in [2.05, 4.69) is 169 Å². The van der Waals surface area contributed by atoms with E-state index in [0.29, 0.717) is 5.89 Å². The highest BCUT2D eigenvalue weighted by Gasteiger charge is 2.19. The summed E-state index contributed by atoms with van der Waals surface area (Å²) < 4.78 is 6.56. The van der Waals surface area contributed by atoms with E-state index in [-0.39, 0.29) is 0 Å². The summed E-state index contributed by atoms with van der Waals surface area (Å²) >= 11 is 0. The van der Waals surface area contributed by atoms with Crippen molar-refractivity contribution in [2.75, 3.05) is 4.90 Å². The van der Waals surface area contributed by atoms with E-state index < -0.39 is 0 Å². The average molecular weight is 665 g/mol. The maximum absolute atomic E-state index is 6.56. The Morgan fingerprint density at radius 2 is 0.865 bits per heavy atom. The fourth-order valence-corrected chi connectivity index (χ4v) is 7.46. The smallest absolute Gasteiger partial charge is 0.227 e. The molecule has 0 aliphatic carbocycles. The maximum atomic E-state index is 6.56. The Morgan fingerprint density at radius 3 is 1.58 bits per heavy atom. The van der Waals surface area contributed by atoms with Crippen molar-refractivity contribution in [2.24, 2.45) is 0 Å². The van der Waals surface area contributed by atoms with Crippen molar-refractivity contribution in [3.05, 3.63) is 194 Å². The second-order valence-corrected chi connectivity index (χ2v) is 13.2. The van der Waals surface area contributed by atoms with Crippen LogP contribution in [0.15, 0.2) is 199 Å².